The topological polar surface area (TPSA) is 64.7 Å². The van der Waals surface area contributed by atoms with Crippen LogP contribution >= 0.6 is 0 Å². The Morgan fingerprint density at radius 2 is 1.09 bits per heavy atom. The van der Waals surface area contributed by atoms with Crippen molar-refractivity contribution in [2.45, 2.75) is 77.3 Å². The monoisotopic (exact) mass is 444 g/mol. The van der Waals surface area contributed by atoms with Gasteiger partial charge in [-0.05, 0) is 58.8 Å². The van der Waals surface area contributed by atoms with E-state index in [0.717, 1.165) is 84.2 Å². The molecule has 2 heterocycles. The smallest absolute Gasteiger partial charge is 0.223 e. The van der Waals surface area contributed by atoms with Crippen LogP contribution in [0.1, 0.15) is 65.2 Å². The van der Waals surface area contributed by atoms with E-state index < -0.39 is 0 Å². The Balaban J connectivity index is 1.39. The van der Waals surface area contributed by atoms with Gasteiger partial charge in [-0.1, -0.05) is 30.7 Å². The van der Waals surface area contributed by atoms with Crippen LogP contribution in [0.5, 0.6) is 0 Å². The lowest BCUT2D eigenvalue weighted by Crippen LogP contribution is -2.49. The van der Waals surface area contributed by atoms with Crippen LogP contribution in [0.15, 0.2) is 24.3 Å². The first-order chi connectivity index (χ1) is 15.3. The van der Waals surface area contributed by atoms with E-state index >= 15 is 0 Å². The molecule has 6 nitrogen and oxygen atoms in total. The minimum Gasteiger partial charge on any atom is -0.353 e. The Bertz CT molecular complexity index is 619. The molecule has 0 radical (unpaired) electrons. The van der Waals surface area contributed by atoms with Gasteiger partial charge in [-0.2, -0.15) is 0 Å². The van der Waals surface area contributed by atoms with E-state index in [2.05, 4.69) is 47.4 Å². The lowest BCUT2D eigenvalue weighted by Gasteiger charge is -2.35. The number of rotatable bonds is 8. The quantitative estimate of drug-likeness (QED) is 0.565. The van der Waals surface area contributed by atoms with Gasteiger partial charge >= 0.3 is 0 Å². The molecule has 2 amide bonds. The zero-order valence-electron chi connectivity index (χ0n) is 20.3. The highest BCUT2D eigenvalue weighted by Crippen LogP contribution is 2.30. The molecule has 0 bridgehead atoms. The molecule has 0 aromatic carbocycles. The van der Waals surface area contributed by atoms with Crippen LogP contribution in [-0.4, -0.2) is 73.0 Å². The van der Waals surface area contributed by atoms with Gasteiger partial charge in [0.2, 0.25) is 11.8 Å². The van der Waals surface area contributed by atoms with Crippen molar-refractivity contribution in [2.75, 3.05) is 39.3 Å². The Morgan fingerprint density at radius 3 is 1.44 bits per heavy atom. The van der Waals surface area contributed by atoms with Crippen LogP contribution in [0.25, 0.3) is 0 Å². The third-order valence-electron chi connectivity index (χ3n) is 7.27. The first kappa shape index (κ1) is 25.0. The maximum atomic E-state index is 12.9. The Morgan fingerprint density at radius 1 is 0.719 bits per heavy atom. The molecule has 3 fully saturated rings. The van der Waals surface area contributed by atoms with Gasteiger partial charge in [0.25, 0.3) is 0 Å². The molecule has 0 aromatic heterocycles. The van der Waals surface area contributed by atoms with Gasteiger partial charge in [-0.25, -0.2) is 0 Å². The minimum atomic E-state index is -0.0228. The van der Waals surface area contributed by atoms with Gasteiger partial charge in [0.15, 0.2) is 0 Å². The first-order valence-electron chi connectivity index (χ1n) is 12.6. The van der Waals surface area contributed by atoms with Gasteiger partial charge in [-0.15, -0.1) is 0 Å². The van der Waals surface area contributed by atoms with Crippen molar-refractivity contribution >= 4 is 11.8 Å². The molecule has 6 heteroatoms. The fourth-order valence-corrected chi connectivity index (χ4v) is 5.54. The molecule has 1 saturated carbocycles. The third-order valence-corrected chi connectivity index (χ3v) is 7.27. The van der Waals surface area contributed by atoms with Gasteiger partial charge in [0, 0.05) is 63.2 Å². The second-order valence-corrected chi connectivity index (χ2v) is 10.6. The van der Waals surface area contributed by atoms with Crippen LogP contribution in [0.2, 0.25) is 0 Å². The number of piperidine rings is 2. The van der Waals surface area contributed by atoms with Crippen molar-refractivity contribution < 1.29 is 9.59 Å². The predicted octanol–water partition coefficient (Wildman–Crippen LogP) is 3.11. The van der Waals surface area contributed by atoms with E-state index in [1.54, 1.807) is 0 Å². The Kier molecular flexibility index (Phi) is 9.35. The van der Waals surface area contributed by atoms with E-state index in [1.807, 2.05) is 0 Å². The summed E-state index contributed by atoms with van der Waals surface area (Å²) in [5.41, 5.74) is 2.38. The van der Waals surface area contributed by atoms with Crippen molar-refractivity contribution in [3.8, 4) is 0 Å². The Hall–Kier alpha value is -1.66. The van der Waals surface area contributed by atoms with Crippen LogP contribution in [0.4, 0.5) is 0 Å². The first-order valence-corrected chi connectivity index (χ1v) is 12.6. The summed E-state index contributed by atoms with van der Waals surface area (Å²) in [5.74, 6) is 0.277. The van der Waals surface area contributed by atoms with E-state index in [4.69, 9.17) is 0 Å². The summed E-state index contributed by atoms with van der Waals surface area (Å²) in [6.07, 6.45) is 7.47. The number of likely N-dealkylation sites (tertiary alicyclic amines) is 2. The third kappa shape index (κ3) is 7.73. The van der Waals surface area contributed by atoms with E-state index in [9.17, 15) is 9.59 Å². The molecule has 2 atom stereocenters. The maximum Gasteiger partial charge on any atom is 0.223 e. The van der Waals surface area contributed by atoms with Crippen LogP contribution < -0.4 is 10.6 Å². The number of amides is 2. The standard InChI is InChI=1S/C26H44N4O2/c1-19(2)17-29-12-8-23(9-13-29)27-25(31)21-6-5-7-22(16-21)26(32)28-24-10-14-30(15-11-24)18-20(3)4/h21-24H,1,3,5-18H2,2,4H3,(H,27,31)(H,28,32). The fraction of sp³-hybridized carbons (Fsp3) is 0.769. The summed E-state index contributed by atoms with van der Waals surface area (Å²) < 4.78 is 0. The highest BCUT2D eigenvalue weighted by atomic mass is 16.2. The molecule has 3 aliphatic rings. The highest BCUT2D eigenvalue weighted by Gasteiger charge is 2.33. The zero-order valence-corrected chi connectivity index (χ0v) is 20.3. The summed E-state index contributed by atoms with van der Waals surface area (Å²) in [7, 11) is 0. The van der Waals surface area contributed by atoms with Crippen LogP contribution in [0.3, 0.4) is 0 Å². The molecular formula is C26H44N4O2. The molecule has 2 aliphatic heterocycles. The van der Waals surface area contributed by atoms with E-state index in [0.29, 0.717) is 6.42 Å². The lowest BCUT2D eigenvalue weighted by atomic mass is 9.80. The van der Waals surface area contributed by atoms with Gasteiger partial charge in [0.05, 0.1) is 0 Å². The molecule has 1 aliphatic carbocycles. The molecule has 2 unspecified atom stereocenters. The summed E-state index contributed by atoms with van der Waals surface area (Å²) in [6, 6.07) is 0.532. The van der Waals surface area contributed by atoms with Gasteiger partial charge < -0.3 is 10.6 Å². The predicted molar refractivity (Wildman–Crippen MR) is 130 cm³/mol. The average Bonchev–Trinajstić information content (AvgIpc) is 2.76. The normalized spacial score (nSPS) is 26.4. The average molecular weight is 445 g/mol. The van der Waals surface area contributed by atoms with Gasteiger partial charge in [0.1, 0.15) is 0 Å². The second-order valence-electron chi connectivity index (χ2n) is 10.6. The summed E-state index contributed by atoms with van der Waals surface area (Å²) in [4.78, 5) is 30.7. The van der Waals surface area contributed by atoms with E-state index in [1.165, 1.54) is 11.1 Å². The van der Waals surface area contributed by atoms with Crippen molar-refractivity contribution in [1.29, 1.82) is 0 Å². The molecule has 0 spiro atoms. The SMILES string of the molecule is C=C(C)CN1CCC(NC(=O)C2CCCC(C(=O)NC3CCN(CC(=C)C)CC3)C2)CC1. The summed E-state index contributed by atoms with van der Waals surface area (Å²) >= 11 is 0. The number of nitrogens with zero attached hydrogens (tertiary/aromatic N) is 2. The number of carbonyl (C=O) groups excluding carboxylic acids is 2. The number of carbonyl (C=O) groups is 2. The molecule has 2 saturated heterocycles. The largest absolute Gasteiger partial charge is 0.353 e. The highest BCUT2D eigenvalue weighted by molar-refractivity contribution is 5.82. The van der Waals surface area contributed by atoms with Crippen molar-refractivity contribution in [3.63, 3.8) is 0 Å². The molecule has 32 heavy (non-hydrogen) atoms. The zero-order chi connectivity index (χ0) is 23.1. The molecule has 180 valence electrons. The number of hydrogen-bond acceptors (Lipinski definition) is 4. The number of hydrogen-bond donors (Lipinski definition) is 2. The number of nitrogens with one attached hydrogen (secondary N) is 2. The fourth-order valence-electron chi connectivity index (χ4n) is 5.54. The minimum absolute atomic E-state index is 0.0228. The van der Waals surface area contributed by atoms with Crippen LogP contribution in [0, 0.1) is 11.8 Å². The molecule has 2 N–H and O–H groups in total. The van der Waals surface area contributed by atoms with E-state index in [-0.39, 0.29) is 35.7 Å². The molecule has 3 rings (SSSR count). The molecule has 0 aromatic rings. The lowest BCUT2D eigenvalue weighted by molar-refractivity contribution is -0.131. The van der Waals surface area contributed by atoms with Crippen molar-refractivity contribution in [1.82, 2.24) is 20.4 Å². The van der Waals surface area contributed by atoms with Gasteiger partial charge in [-0.3, -0.25) is 19.4 Å². The summed E-state index contributed by atoms with van der Waals surface area (Å²) in [5, 5.41) is 6.58. The van der Waals surface area contributed by atoms with Crippen LogP contribution in [-0.2, 0) is 9.59 Å². The molecular weight excluding hydrogens is 400 g/mol. The van der Waals surface area contributed by atoms with Crippen molar-refractivity contribution in [2.24, 2.45) is 11.8 Å². The second kappa shape index (κ2) is 12.0. The maximum absolute atomic E-state index is 12.9. The van der Waals surface area contributed by atoms with Crippen molar-refractivity contribution in [3.05, 3.63) is 24.3 Å². The Labute approximate surface area is 194 Å². The summed E-state index contributed by atoms with van der Waals surface area (Å²) in [6.45, 7) is 18.1.